The van der Waals surface area contributed by atoms with Crippen LogP contribution >= 0.6 is 0 Å². The van der Waals surface area contributed by atoms with E-state index < -0.39 is 0 Å². The number of benzene rings is 9. The Morgan fingerprint density at radius 2 is 1.00 bits per heavy atom. The van der Waals surface area contributed by atoms with E-state index >= 15 is 0 Å². The van der Waals surface area contributed by atoms with Crippen molar-refractivity contribution in [1.82, 2.24) is 15.0 Å². The normalized spacial score (nSPS) is 15.3. The van der Waals surface area contributed by atoms with Crippen LogP contribution in [0.4, 0.5) is 0 Å². The number of rotatable bonds is 6. The molecule has 0 saturated heterocycles. The zero-order valence-electron chi connectivity index (χ0n) is 34.5. The first-order valence-electron chi connectivity index (χ1n) is 21.7. The highest BCUT2D eigenvalue weighted by Gasteiger charge is 2.37. The third-order valence-electron chi connectivity index (χ3n) is 12.9. The van der Waals surface area contributed by atoms with Gasteiger partial charge in [0.15, 0.2) is 17.5 Å². The lowest BCUT2D eigenvalue weighted by Crippen LogP contribution is -2.19. The summed E-state index contributed by atoms with van der Waals surface area (Å²) in [5, 5.41) is 6.55. The summed E-state index contributed by atoms with van der Waals surface area (Å²) >= 11 is 0. The molecule has 0 amide bonds. The van der Waals surface area contributed by atoms with Crippen molar-refractivity contribution < 1.29 is 9.15 Å². The van der Waals surface area contributed by atoms with E-state index in [2.05, 4.69) is 182 Å². The average Bonchev–Trinajstić information content (AvgIpc) is 3.94. The second kappa shape index (κ2) is 14.6. The highest BCUT2D eigenvalue weighted by atomic mass is 16.5. The monoisotopic (exact) mass is 819 g/mol. The van der Waals surface area contributed by atoms with Crippen LogP contribution in [0.5, 0.6) is 5.75 Å². The van der Waals surface area contributed by atoms with Gasteiger partial charge in [0.2, 0.25) is 0 Å². The van der Waals surface area contributed by atoms with Gasteiger partial charge in [-0.2, -0.15) is 0 Å². The molecule has 5 heteroatoms. The zero-order chi connectivity index (χ0) is 42.1. The summed E-state index contributed by atoms with van der Waals surface area (Å²) in [6.07, 6.45) is 6.48. The maximum atomic E-state index is 6.60. The second-order valence-corrected chi connectivity index (χ2v) is 16.7. The van der Waals surface area contributed by atoms with Gasteiger partial charge in [-0.25, -0.2) is 15.0 Å². The van der Waals surface area contributed by atoms with Crippen LogP contribution in [0.25, 0.3) is 105 Å². The first-order valence-corrected chi connectivity index (χ1v) is 21.7. The van der Waals surface area contributed by atoms with E-state index in [4.69, 9.17) is 24.1 Å². The molecule has 11 aromatic rings. The van der Waals surface area contributed by atoms with Crippen molar-refractivity contribution in [1.29, 1.82) is 0 Å². The Morgan fingerprint density at radius 1 is 0.406 bits per heavy atom. The molecule has 3 heterocycles. The molecular formula is C59H37N3O2. The van der Waals surface area contributed by atoms with Crippen molar-refractivity contribution in [3.8, 4) is 62.2 Å². The number of furan rings is 1. The van der Waals surface area contributed by atoms with Crippen LogP contribution in [-0.4, -0.2) is 21.1 Å². The smallest absolute Gasteiger partial charge is 0.164 e. The van der Waals surface area contributed by atoms with Gasteiger partial charge < -0.3 is 9.15 Å². The van der Waals surface area contributed by atoms with Crippen LogP contribution in [0.3, 0.4) is 0 Å². The molecule has 300 valence electrons. The van der Waals surface area contributed by atoms with Crippen LogP contribution < -0.4 is 4.74 Å². The summed E-state index contributed by atoms with van der Waals surface area (Å²) in [6.45, 7) is 0. The highest BCUT2D eigenvalue weighted by Crippen LogP contribution is 2.49. The Kier molecular flexibility index (Phi) is 8.28. The minimum absolute atomic E-state index is 0.0569. The Hall–Kier alpha value is -8.41. The van der Waals surface area contributed by atoms with Crippen molar-refractivity contribution in [2.45, 2.75) is 12.0 Å². The quantitative estimate of drug-likeness (QED) is 0.167. The van der Waals surface area contributed by atoms with E-state index in [1.165, 1.54) is 33.4 Å². The third kappa shape index (κ3) is 6.12. The largest absolute Gasteiger partial charge is 0.485 e. The SMILES string of the molecule is C1=CC2Oc3ccc(-c4ccc(-c5ccccc5)cc4)cc3C2C(c2ccc3ccc(-c4nc(-c5ccc6ccccc6c5)nc(-c5cccc6oc7ccccc7c56)n4)cc3c2)=C1. The van der Waals surface area contributed by atoms with Gasteiger partial charge in [0.05, 0.1) is 5.92 Å². The molecule has 13 rings (SSSR count). The van der Waals surface area contributed by atoms with E-state index in [1.54, 1.807) is 0 Å². The van der Waals surface area contributed by atoms with E-state index in [9.17, 15) is 0 Å². The van der Waals surface area contributed by atoms with Crippen molar-refractivity contribution in [3.63, 3.8) is 0 Å². The number of ether oxygens (including phenoxy) is 1. The molecule has 0 N–H and O–H groups in total. The number of hydrogen-bond acceptors (Lipinski definition) is 5. The molecule has 2 aliphatic rings. The van der Waals surface area contributed by atoms with Crippen LogP contribution in [-0.2, 0) is 0 Å². The van der Waals surface area contributed by atoms with Gasteiger partial charge in [-0.05, 0) is 103 Å². The van der Waals surface area contributed by atoms with Crippen molar-refractivity contribution in [2.75, 3.05) is 0 Å². The molecule has 2 unspecified atom stereocenters. The maximum Gasteiger partial charge on any atom is 0.164 e. The topological polar surface area (TPSA) is 61.0 Å². The average molecular weight is 820 g/mol. The van der Waals surface area contributed by atoms with Gasteiger partial charge in [-0.1, -0.05) is 164 Å². The molecule has 0 spiro atoms. The lowest BCUT2D eigenvalue weighted by atomic mass is 9.80. The van der Waals surface area contributed by atoms with Gasteiger partial charge in [-0.15, -0.1) is 0 Å². The minimum Gasteiger partial charge on any atom is -0.485 e. The lowest BCUT2D eigenvalue weighted by molar-refractivity contribution is 0.271. The Labute approximate surface area is 369 Å². The van der Waals surface area contributed by atoms with E-state index in [1.807, 2.05) is 30.3 Å². The van der Waals surface area contributed by atoms with Crippen molar-refractivity contribution in [3.05, 3.63) is 223 Å². The zero-order valence-corrected chi connectivity index (χ0v) is 34.5. The molecule has 2 aromatic heterocycles. The standard InChI is InChI=1S/C59H37N3O2/c1-2-10-36(11-3-1)38-20-22-39(23-21-38)42-30-31-52-50(35-42)55-47(15-8-18-53(55)64-52)43-27-24-40-26-29-45(34-46(40)33-43)58-60-57(44-28-25-37-12-4-5-13-41(37)32-44)61-59(62-58)49-16-9-19-54-56(49)48-14-6-7-17-51(48)63-54/h1-35,53,55H. The highest BCUT2D eigenvalue weighted by molar-refractivity contribution is 6.11. The fraction of sp³-hybridized carbons (Fsp3) is 0.0339. The molecule has 2 atom stereocenters. The van der Waals surface area contributed by atoms with Gasteiger partial charge >= 0.3 is 0 Å². The molecule has 0 radical (unpaired) electrons. The first-order chi connectivity index (χ1) is 31.7. The summed E-state index contributed by atoms with van der Waals surface area (Å²) in [4.78, 5) is 15.6. The number of aromatic nitrogens is 3. The van der Waals surface area contributed by atoms with E-state index in [0.29, 0.717) is 17.5 Å². The van der Waals surface area contributed by atoms with Gasteiger partial charge in [0.1, 0.15) is 23.0 Å². The van der Waals surface area contributed by atoms with Crippen LogP contribution in [0.15, 0.2) is 217 Å². The summed E-state index contributed by atoms with van der Waals surface area (Å²) in [5.74, 6) is 2.80. The third-order valence-corrected chi connectivity index (χ3v) is 12.9. The maximum absolute atomic E-state index is 6.60. The van der Waals surface area contributed by atoms with Crippen molar-refractivity contribution >= 4 is 49.1 Å². The van der Waals surface area contributed by atoms with Crippen LogP contribution in [0.1, 0.15) is 17.0 Å². The van der Waals surface area contributed by atoms with Gasteiger partial charge in [0.25, 0.3) is 0 Å². The molecule has 0 saturated carbocycles. The number of nitrogens with zero attached hydrogens (tertiary/aromatic N) is 3. The van der Waals surface area contributed by atoms with E-state index in [-0.39, 0.29) is 12.0 Å². The molecule has 64 heavy (non-hydrogen) atoms. The van der Waals surface area contributed by atoms with Crippen LogP contribution in [0.2, 0.25) is 0 Å². The number of para-hydroxylation sites is 1. The van der Waals surface area contributed by atoms with Crippen molar-refractivity contribution in [2.24, 2.45) is 0 Å². The lowest BCUT2D eigenvalue weighted by Gasteiger charge is -2.23. The van der Waals surface area contributed by atoms with Crippen LogP contribution in [0, 0.1) is 0 Å². The fourth-order valence-corrected chi connectivity index (χ4v) is 9.71. The summed E-state index contributed by atoms with van der Waals surface area (Å²) in [5.41, 5.74) is 12.7. The molecule has 9 aromatic carbocycles. The fourth-order valence-electron chi connectivity index (χ4n) is 9.71. The Balaban J connectivity index is 0.898. The summed E-state index contributed by atoms with van der Waals surface area (Å²) < 4.78 is 12.9. The van der Waals surface area contributed by atoms with E-state index in [0.717, 1.165) is 71.5 Å². The summed E-state index contributed by atoms with van der Waals surface area (Å²) in [6, 6.07) is 68.2. The Bertz CT molecular complexity index is 3720. The minimum atomic E-state index is -0.0818. The molecule has 0 fully saturated rings. The number of fused-ring (bicyclic) bond motifs is 8. The first kappa shape index (κ1) is 36.3. The van der Waals surface area contributed by atoms with Gasteiger partial charge in [-0.3, -0.25) is 0 Å². The second-order valence-electron chi connectivity index (χ2n) is 16.7. The number of hydrogen-bond donors (Lipinski definition) is 0. The molecular weight excluding hydrogens is 783 g/mol. The molecule has 1 aliphatic carbocycles. The Morgan fingerprint density at radius 3 is 1.81 bits per heavy atom. The number of allylic oxidation sites excluding steroid dienone is 2. The predicted octanol–water partition coefficient (Wildman–Crippen LogP) is 14.9. The molecule has 5 nitrogen and oxygen atoms in total. The van der Waals surface area contributed by atoms with Gasteiger partial charge in [0, 0.05) is 33.0 Å². The molecule has 1 aliphatic heterocycles. The molecule has 0 bridgehead atoms. The summed E-state index contributed by atoms with van der Waals surface area (Å²) in [7, 11) is 0. The predicted molar refractivity (Wildman–Crippen MR) is 260 cm³/mol.